The molecular formula is C9H16O3S. The zero-order valence-electron chi connectivity index (χ0n) is 7.99. The maximum absolute atomic E-state index is 10.7. The van der Waals surface area contributed by atoms with Gasteiger partial charge in [-0.05, 0) is 19.3 Å². The quantitative estimate of drug-likeness (QED) is 0.646. The van der Waals surface area contributed by atoms with Crippen molar-refractivity contribution >= 4 is 24.4 Å². The monoisotopic (exact) mass is 204 g/mol. The topological polar surface area (TPSA) is 54.4 Å². The molecule has 0 saturated heterocycles. The summed E-state index contributed by atoms with van der Waals surface area (Å²) in [4.78, 5) is 21.3. The Morgan fingerprint density at radius 2 is 2.00 bits per heavy atom. The number of thiol groups is 1. The van der Waals surface area contributed by atoms with Crippen LogP contribution in [0.4, 0.5) is 0 Å². The lowest BCUT2D eigenvalue weighted by Gasteiger charge is -2.14. The molecule has 0 spiro atoms. The first-order valence-corrected chi connectivity index (χ1v) is 4.93. The average molecular weight is 204 g/mol. The van der Waals surface area contributed by atoms with Crippen molar-refractivity contribution in [2.75, 3.05) is 5.75 Å². The van der Waals surface area contributed by atoms with Crippen LogP contribution >= 0.6 is 12.6 Å². The number of carboxylic acids is 1. The molecule has 0 fully saturated rings. The number of carbonyl (C=O) groups excluding carboxylic acids is 1. The Hall–Kier alpha value is -0.510. The summed E-state index contributed by atoms with van der Waals surface area (Å²) in [7, 11) is 0. The average Bonchev–Trinajstić information content (AvgIpc) is 1.98. The van der Waals surface area contributed by atoms with Gasteiger partial charge >= 0.3 is 5.97 Å². The molecular weight excluding hydrogens is 188 g/mol. The van der Waals surface area contributed by atoms with E-state index in [-0.39, 0.29) is 11.7 Å². The van der Waals surface area contributed by atoms with Gasteiger partial charge in [0, 0.05) is 12.2 Å². The Morgan fingerprint density at radius 1 is 1.46 bits per heavy atom. The standard InChI is InChI=1S/C9H16O3S/c1-6(3-7(2)10)4-8(5-13)9(11)12/h6,8,13H,3-5H2,1-2H3,(H,11,12). The Morgan fingerprint density at radius 3 is 2.31 bits per heavy atom. The normalized spacial score (nSPS) is 15.0. The highest BCUT2D eigenvalue weighted by Gasteiger charge is 2.19. The number of Topliss-reactive ketones (excluding diaryl/α,β-unsaturated/α-hetero) is 1. The minimum absolute atomic E-state index is 0.107. The van der Waals surface area contributed by atoms with E-state index in [1.807, 2.05) is 6.92 Å². The predicted molar refractivity (Wildman–Crippen MR) is 54.1 cm³/mol. The smallest absolute Gasteiger partial charge is 0.307 e. The van der Waals surface area contributed by atoms with Gasteiger partial charge in [0.25, 0.3) is 0 Å². The van der Waals surface area contributed by atoms with Crippen LogP contribution in [0.5, 0.6) is 0 Å². The molecule has 0 radical (unpaired) electrons. The fourth-order valence-corrected chi connectivity index (χ4v) is 1.62. The first-order chi connectivity index (χ1) is 5.97. The van der Waals surface area contributed by atoms with E-state index in [1.54, 1.807) is 0 Å². The van der Waals surface area contributed by atoms with Gasteiger partial charge in [0.05, 0.1) is 5.92 Å². The van der Waals surface area contributed by atoms with E-state index in [9.17, 15) is 9.59 Å². The molecule has 0 aliphatic rings. The predicted octanol–water partition coefficient (Wildman–Crippen LogP) is 1.62. The van der Waals surface area contributed by atoms with Crippen molar-refractivity contribution in [2.45, 2.75) is 26.7 Å². The maximum atomic E-state index is 10.7. The molecule has 2 atom stereocenters. The highest BCUT2D eigenvalue weighted by Crippen LogP contribution is 2.17. The van der Waals surface area contributed by atoms with Gasteiger partial charge in [-0.25, -0.2) is 0 Å². The third-order valence-corrected chi connectivity index (χ3v) is 2.33. The summed E-state index contributed by atoms with van der Waals surface area (Å²) < 4.78 is 0. The lowest BCUT2D eigenvalue weighted by atomic mass is 9.93. The van der Waals surface area contributed by atoms with E-state index in [0.717, 1.165) is 0 Å². The van der Waals surface area contributed by atoms with Crippen LogP contribution in [0.1, 0.15) is 26.7 Å². The molecule has 13 heavy (non-hydrogen) atoms. The highest BCUT2D eigenvalue weighted by molar-refractivity contribution is 7.80. The number of carbonyl (C=O) groups is 2. The number of aliphatic carboxylic acids is 1. The van der Waals surface area contributed by atoms with E-state index in [1.165, 1.54) is 6.92 Å². The SMILES string of the molecule is CC(=O)CC(C)CC(CS)C(=O)O. The van der Waals surface area contributed by atoms with Crippen molar-refractivity contribution in [3.63, 3.8) is 0 Å². The van der Waals surface area contributed by atoms with E-state index in [4.69, 9.17) is 5.11 Å². The fourth-order valence-electron chi connectivity index (χ4n) is 1.31. The Balaban J connectivity index is 3.93. The van der Waals surface area contributed by atoms with Crippen molar-refractivity contribution in [3.8, 4) is 0 Å². The summed E-state index contributed by atoms with van der Waals surface area (Å²) in [6, 6.07) is 0. The summed E-state index contributed by atoms with van der Waals surface area (Å²) in [6.07, 6.45) is 0.982. The van der Waals surface area contributed by atoms with Crippen molar-refractivity contribution in [1.82, 2.24) is 0 Å². The molecule has 4 heteroatoms. The number of hydrogen-bond acceptors (Lipinski definition) is 3. The minimum Gasteiger partial charge on any atom is -0.481 e. The first-order valence-electron chi connectivity index (χ1n) is 4.30. The molecule has 0 aromatic heterocycles. The van der Waals surface area contributed by atoms with E-state index >= 15 is 0 Å². The second-order valence-corrected chi connectivity index (χ2v) is 3.83. The van der Waals surface area contributed by atoms with Crippen LogP contribution in [0.3, 0.4) is 0 Å². The van der Waals surface area contributed by atoms with Gasteiger partial charge in [0.15, 0.2) is 0 Å². The van der Waals surface area contributed by atoms with Crippen LogP contribution in [0.15, 0.2) is 0 Å². The Labute approximate surface area is 83.9 Å². The lowest BCUT2D eigenvalue weighted by molar-refractivity contribution is -0.141. The van der Waals surface area contributed by atoms with Crippen molar-refractivity contribution in [2.24, 2.45) is 11.8 Å². The number of carboxylic acid groups (broad SMARTS) is 1. The number of hydrogen-bond donors (Lipinski definition) is 2. The fraction of sp³-hybridized carbons (Fsp3) is 0.778. The van der Waals surface area contributed by atoms with Gasteiger partial charge in [-0.15, -0.1) is 0 Å². The summed E-state index contributed by atoms with van der Waals surface area (Å²) in [6.45, 7) is 3.41. The molecule has 1 N–H and O–H groups in total. The third kappa shape index (κ3) is 5.69. The summed E-state index contributed by atoms with van der Waals surface area (Å²) >= 11 is 3.95. The minimum atomic E-state index is -0.828. The van der Waals surface area contributed by atoms with Gasteiger partial charge in [-0.3, -0.25) is 4.79 Å². The second kappa shape index (κ2) is 6.02. The van der Waals surface area contributed by atoms with E-state index in [0.29, 0.717) is 18.6 Å². The van der Waals surface area contributed by atoms with Gasteiger partial charge in [0.2, 0.25) is 0 Å². The second-order valence-electron chi connectivity index (χ2n) is 3.46. The first kappa shape index (κ1) is 12.5. The van der Waals surface area contributed by atoms with Gasteiger partial charge < -0.3 is 9.90 Å². The van der Waals surface area contributed by atoms with Gasteiger partial charge in [0.1, 0.15) is 5.78 Å². The molecule has 0 saturated carbocycles. The summed E-state index contributed by atoms with van der Waals surface area (Å²) in [5.74, 6) is -0.693. The zero-order chi connectivity index (χ0) is 10.4. The summed E-state index contributed by atoms with van der Waals surface area (Å²) in [5, 5.41) is 8.72. The molecule has 0 aliphatic carbocycles. The van der Waals surface area contributed by atoms with Crippen molar-refractivity contribution < 1.29 is 14.7 Å². The van der Waals surface area contributed by atoms with Gasteiger partial charge in [-0.2, -0.15) is 12.6 Å². The molecule has 0 rings (SSSR count). The molecule has 0 aliphatic heterocycles. The number of rotatable bonds is 6. The van der Waals surface area contributed by atoms with Crippen LogP contribution in [0, 0.1) is 11.8 Å². The van der Waals surface area contributed by atoms with Crippen LogP contribution in [0.25, 0.3) is 0 Å². The molecule has 0 amide bonds. The summed E-state index contributed by atoms with van der Waals surface area (Å²) in [5.41, 5.74) is 0. The van der Waals surface area contributed by atoms with Crippen LogP contribution < -0.4 is 0 Å². The van der Waals surface area contributed by atoms with E-state index < -0.39 is 11.9 Å². The Bertz CT molecular complexity index is 191. The van der Waals surface area contributed by atoms with Crippen LogP contribution in [0.2, 0.25) is 0 Å². The third-order valence-electron chi connectivity index (χ3n) is 1.89. The molecule has 0 heterocycles. The van der Waals surface area contributed by atoms with E-state index in [2.05, 4.69) is 12.6 Å². The van der Waals surface area contributed by atoms with Crippen molar-refractivity contribution in [3.05, 3.63) is 0 Å². The van der Waals surface area contributed by atoms with Crippen molar-refractivity contribution in [1.29, 1.82) is 0 Å². The van der Waals surface area contributed by atoms with Crippen LogP contribution in [-0.4, -0.2) is 22.6 Å². The zero-order valence-corrected chi connectivity index (χ0v) is 8.88. The number of ketones is 1. The van der Waals surface area contributed by atoms with Crippen LogP contribution in [-0.2, 0) is 9.59 Å². The largest absolute Gasteiger partial charge is 0.481 e. The molecule has 3 nitrogen and oxygen atoms in total. The molecule has 76 valence electrons. The molecule has 0 aromatic rings. The maximum Gasteiger partial charge on any atom is 0.307 e. The molecule has 0 aromatic carbocycles. The lowest BCUT2D eigenvalue weighted by Crippen LogP contribution is -2.19. The molecule has 2 unspecified atom stereocenters. The van der Waals surface area contributed by atoms with Gasteiger partial charge in [-0.1, -0.05) is 6.92 Å². The molecule has 0 bridgehead atoms. The Kier molecular flexibility index (Phi) is 5.79. The highest BCUT2D eigenvalue weighted by atomic mass is 32.1.